The van der Waals surface area contributed by atoms with Crippen LogP contribution in [0.15, 0.2) is 6.07 Å². The van der Waals surface area contributed by atoms with E-state index in [9.17, 15) is 18.0 Å². The minimum absolute atomic E-state index is 0.0261. The zero-order valence-electron chi connectivity index (χ0n) is 8.51. The number of nitrogens with zero attached hydrogens (tertiary/aromatic N) is 1. The smallest absolute Gasteiger partial charge is 0.481 e. The van der Waals surface area contributed by atoms with E-state index in [1.54, 1.807) is 22.6 Å². The number of halogens is 4. The SMILES string of the molecule is Cc1cc(OC(F)(F)F)c(I)nc1CC(=O)O. The number of hydrogen-bond donors (Lipinski definition) is 1. The molecule has 0 atom stereocenters. The van der Waals surface area contributed by atoms with E-state index in [2.05, 4.69) is 9.72 Å². The van der Waals surface area contributed by atoms with Crippen molar-refractivity contribution < 1.29 is 27.8 Å². The zero-order chi connectivity index (χ0) is 13.2. The number of aliphatic carboxylic acids is 1. The van der Waals surface area contributed by atoms with Gasteiger partial charge in [-0.25, -0.2) is 4.98 Å². The average molecular weight is 361 g/mol. The summed E-state index contributed by atoms with van der Waals surface area (Å²) < 4.78 is 39.8. The first-order valence-electron chi connectivity index (χ1n) is 4.32. The third kappa shape index (κ3) is 4.36. The molecule has 0 saturated heterocycles. The molecule has 0 unspecified atom stereocenters. The standard InChI is InChI=1S/C9H7F3INO3/c1-4-2-6(17-9(10,11)12)8(13)14-5(4)3-7(15)16/h2H,3H2,1H3,(H,15,16). The first-order valence-corrected chi connectivity index (χ1v) is 5.40. The maximum atomic E-state index is 12.0. The Balaban J connectivity index is 3.05. The van der Waals surface area contributed by atoms with Gasteiger partial charge in [-0.3, -0.25) is 4.79 Å². The van der Waals surface area contributed by atoms with Crippen LogP contribution >= 0.6 is 22.6 Å². The lowest BCUT2D eigenvalue weighted by atomic mass is 10.1. The predicted molar refractivity (Wildman–Crippen MR) is 59.7 cm³/mol. The van der Waals surface area contributed by atoms with Crippen molar-refractivity contribution in [2.24, 2.45) is 0 Å². The van der Waals surface area contributed by atoms with Crippen molar-refractivity contribution in [2.75, 3.05) is 0 Å². The highest BCUT2D eigenvalue weighted by atomic mass is 127. The Morgan fingerprint density at radius 3 is 2.65 bits per heavy atom. The summed E-state index contributed by atoms with van der Waals surface area (Å²) in [5.41, 5.74) is 0.559. The van der Waals surface area contributed by atoms with Gasteiger partial charge in [0.25, 0.3) is 0 Å². The van der Waals surface area contributed by atoms with Crippen LogP contribution < -0.4 is 4.74 Å². The van der Waals surface area contributed by atoms with Crippen LogP contribution in [0.4, 0.5) is 13.2 Å². The van der Waals surface area contributed by atoms with Crippen molar-refractivity contribution in [3.8, 4) is 5.75 Å². The Bertz CT molecular complexity index is 448. The van der Waals surface area contributed by atoms with Gasteiger partial charge in [0.15, 0.2) is 5.75 Å². The molecule has 8 heteroatoms. The van der Waals surface area contributed by atoms with Crippen LogP contribution in [0.1, 0.15) is 11.3 Å². The van der Waals surface area contributed by atoms with Crippen molar-refractivity contribution in [1.82, 2.24) is 4.98 Å². The van der Waals surface area contributed by atoms with E-state index in [1.165, 1.54) is 6.92 Å². The topological polar surface area (TPSA) is 59.4 Å². The number of hydrogen-bond acceptors (Lipinski definition) is 3. The summed E-state index contributed by atoms with van der Waals surface area (Å²) in [6.07, 6.45) is -5.13. The van der Waals surface area contributed by atoms with Crippen LogP contribution in [0.5, 0.6) is 5.75 Å². The van der Waals surface area contributed by atoms with Crippen molar-refractivity contribution in [3.05, 3.63) is 21.0 Å². The second kappa shape index (κ2) is 5.07. The number of carboxylic acid groups (broad SMARTS) is 1. The van der Waals surface area contributed by atoms with E-state index >= 15 is 0 Å². The van der Waals surface area contributed by atoms with Crippen molar-refractivity contribution in [3.63, 3.8) is 0 Å². The highest BCUT2D eigenvalue weighted by Crippen LogP contribution is 2.28. The van der Waals surface area contributed by atoms with Crippen LogP contribution in [0.25, 0.3) is 0 Å². The fraction of sp³-hybridized carbons (Fsp3) is 0.333. The van der Waals surface area contributed by atoms with E-state index < -0.39 is 18.1 Å². The van der Waals surface area contributed by atoms with Gasteiger partial charge in [-0.1, -0.05) is 0 Å². The van der Waals surface area contributed by atoms with Crippen LogP contribution in [0.2, 0.25) is 0 Å². The number of pyridine rings is 1. The number of carboxylic acids is 1. The summed E-state index contributed by atoms with van der Waals surface area (Å²) in [6, 6.07) is 1.13. The highest BCUT2D eigenvalue weighted by molar-refractivity contribution is 14.1. The van der Waals surface area contributed by atoms with E-state index in [1.807, 2.05) is 0 Å². The van der Waals surface area contributed by atoms with Gasteiger partial charge >= 0.3 is 12.3 Å². The first-order chi connectivity index (χ1) is 7.69. The number of ether oxygens (including phenoxy) is 1. The lowest BCUT2D eigenvalue weighted by molar-refractivity contribution is -0.275. The van der Waals surface area contributed by atoms with Crippen molar-refractivity contribution >= 4 is 28.6 Å². The molecule has 1 aromatic rings. The number of carbonyl (C=O) groups is 1. The molecule has 0 aliphatic carbocycles. The van der Waals surface area contributed by atoms with Gasteiger partial charge in [0.2, 0.25) is 0 Å². The van der Waals surface area contributed by atoms with Gasteiger partial charge in [0.05, 0.1) is 12.1 Å². The molecule has 0 amide bonds. The molecule has 0 saturated carbocycles. The maximum absolute atomic E-state index is 12.0. The molecule has 94 valence electrons. The van der Waals surface area contributed by atoms with Crippen molar-refractivity contribution in [1.29, 1.82) is 0 Å². The van der Waals surface area contributed by atoms with Gasteiger partial charge in [0, 0.05) is 0 Å². The molecule has 0 bridgehead atoms. The second-order valence-corrected chi connectivity index (χ2v) is 4.18. The molecule has 17 heavy (non-hydrogen) atoms. The molecule has 1 heterocycles. The summed E-state index contributed by atoms with van der Waals surface area (Å²) in [7, 11) is 0. The fourth-order valence-electron chi connectivity index (χ4n) is 1.12. The van der Waals surface area contributed by atoms with E-state index in [0.717, 1.165) is 6.07 Å². The monoisotopic (exact) mass is 361 g/mol. The molecule has 0 radical (unpaired) electrons. The van der Waals surface area contributed by atoms with E-state index in [4.69, 9.17) is 5.11 Å². The Labute approximate surface area is 108 Å². The van der Waals surface area contributed by atoms with Gasteiger partial charge < -0.3 is 9.84 Å². The molecule has 0 spiro atoms. The summed E-state index contributed by atoms with van der Waals surface area (Å²) in [5.74, 6) is -1.52. The molecule has 1 rings (SSSR count). The summed E-state index contributed by atoms with van der Waals surface area (Å²) >= 11 is 1.56. The summed E-state index contributed by atoms with van der Waals surface area (Å²) in [5, 5.41) is 8.58. The van der Waals surface area contributed by atoms with Crippen LogP contribution in [-0.4, -0.2) is 22.4 Å². The van der Waals surface area contributed by atoms with E-state index in [-0.39, 0.29) is 15.8 Å². The number of rotatable bonds is 3. The molecule has 4 nitrogen and oxygen atoms in total. The Morgan fingerprint density at radius 1 is 1.59 bits per heavy atom. The largest absolute Gasteiger partial charge is 0.573 e. The molecular formula is C9H7F3INO3. The minimum Gasteiger partial charge on any atom is -0.481 e. The fourth-order valence-corrected chi connectivity index (χ4v) is 1.68. The quantitative estimate of drug-likeness (QED) is 0.664. The van der Waals surface area contributed by atoms with Gasteiger partial charge in [-0.2, -0.15) is 0 Å². The zero-order valence-corrected chi connectivity index (χ0v) is 10.7. The molecule has 0 fully saturated rings. The number of aromatic nitrogens is 1. The Morgan fingerprint density at radius 2 is 2.18 bits per heavy atom. The average Bonchev–Trinajstić information content (AvgIpc) is 2.10. The van der Waals surface area contributed by atoms with Gasteiger partial charge in [-0.05, 0) is 41.1 Å². The van der Waals surface area contributed by atoms with Crippen molar-refractivity contribution in [2.45, 2.75) is 19.7 Å². The Hall–Kier alpha value is -1.06. The molecular weight excluding hydrogens is 354 g/mol. The molecule has 1 N–H and O–H groups in total. The lowest BCUT2D eigenvalue weighted by Gasteiger charge is -2.12. The van der Waals surface area contributed by atoms with Crippen LogP contribution in [0.3, 0.4) is 0 Å². The molecule has 0 aliphatic rings. The molecule has 0 aliphatic heterocycles. The van der Waals surface area contributed by atoms with Crippen LogP contribution in [-0.2, 0) is 11.2 Å². The highest BCUT2D eigenvalue weighted by Gasteiger charge is 2.32. The number of aryl methyl sites for hydroxylation is 1. The normalized spacial score (nSPS) is 11.4. The number of alkyl halides is 3. The summed E-state index contributed by atoms with van der Waals surface area (Å²) in [6.45, 7) is 1.48. The van der Waals surface area contributed by atoms with Gasteiger partial charge in [-0.15, -0.1) is 13.2 Å². The lowest BCUT2D eigenvalue weighted by Crippen LogP contribution is -2.19. The predicted octanol–water partition coefficient (Wildman–Crippen LogP) is 2.52. The van der Waals surface area contributed by atoms with E-state index in [0.29, 0.717) is 5.56 Å². The third-order valence-corrected chi connectivity index (χ3v) is 2.56. The third-order valence-electron chi connectivity index (χ3n) is 1.78. The minimum atomic E-state index is -4.79. The van der Waals surface area contributed by atoms with Gasteiger partial charge in [0.1, 0.15) is 3.70 Å². The maximum Gasteiger partial charge on any atom is 0.573 e. The second-order valence-electron chi connectivity index (χ2n) is 3.16. The Kier molecular flexibility index (Phi) is 4.17. The van der Waals surface area contributed by atoms with Crippen LogP contribution in [0, 0.1) is 10.6 Å². The molecule has 0 aromatic carbocycles. The summed E-state index contributed by atoms with van der Waals surface area (Å²) in [4.78, 5) is 14.3. The first kappa shape index (κ1) is 14.0. The molecule has 1 aromatic heterocycles.